The normalized spacial score (nSPS) is 15.8. The zero-order valence-electron chi connectivity index (χ0n) is 16.6. The van der Waals surface area contributed by atoms with Crippen molar-refractivity contribution < 1.29 is 24.2 Å². The van der Waals surface area contributed by atoms with Gasteiger partial charge in [0.15, 0.2) is 8.32 Å². The monoisotopic (exact) mass is 363 g/mol. The fourth-order valence-electron chi connectivity index (χ4n) is 1.79. The third-order valence-electron chi connectivity index (χ3n) is 4.28. The molecule has 0 fully saturated rings. The van der Waals surface area contributed by atoms with E-state index in [4.69, 9.17) is 9.16 Å². The van der Waals surface area contributed by atoms with Crippen LogP contribution in [0.1, 0.15) is 54.4 Å². The van der Waals surface area contributed by atoms with E-state index in [1.165, 1.54) is 0 Å². The first kappa shape index (κ1) is 23.4. The molecule has 0 saturated heterocycles. The van der Waals surface area contributed by atoms with Crippen molar-refractivity contribution in [2.45, 2.75) is 90.3 Å². The Morgan fingerprint density at radius 1 is 1.17 bits per heavy atom. The van der Waals surface area contributed by atoms with E-state index in [1.807, 2.05) is 0 Å². The van der Waals surface area contributed by atoms with Crippen LogP contribution in [-0.2, 0) is 9.16 Å². The van der Waals surface area contributed by atoms with Crippen molar-refractivity contribution in [1.82, 2.24) is 5.32 Å². The highest BCUT2D eigenvalue weighted by Crippen LogP contribution is 2.36. The Hall–Kier alpha value is -0.633. The smallest absolute Gasteiger partial charge is 0.407 e. The van der Waals surface area contributed by atoms with Gasteiger partial charge in [-0.25, -0.2) is 4.79 Å². The Kier molecular flexibility index (Phi) is 8.93. The zero-order chi connectivity index (χ0) is 19.2. The Morgan fingerprint density at radius 3 is 2.12 bits per heavy atom. The van der Waals surface area contributed by atoms with Crippen LogP contribution in [0, 0.1) is 0 Å². The van der Waals surface area contributed by atoms with Gasteiger partial charge in [0.25, 0.3) is 0 Å². The Morgan fingerprint density at radius 2 is 1.71 bits per heavy atom. The molecule has 7 heteroatoms. The molecule has 0 aliphatic carbocycles. The van der Waals surface area contributed by atoms with Gasteiger partial charge < -0.3 is 24.7 Å². The van der Waals surface area contributed by atoms with Crippen LogP contribution in [-0.4, -0.2) is 55.6 Å². The lowest BCUT2D eigenvalue weighted by Crippen LogP contribution is -2.47. The number of amides is 1. The van der Waals surface area contributed by atoms with Crippen molar-refractivity contribution in [2.24, 2.45) is 0 Å². The standard InChI is InChI=1S/C17H37NO5Si/c1-16(2,3)23-15(21)18-13(14(20)12-19)10-9-11-22-24(7,8)17(4,5)6/h13-14,19-20H,9-12H2,1-8H3,(H,18,21)/t13-,14+/m0/s1. The number of carbonyl (C=O) groups excluding carboxylic acids is 1. The molecule has 144 valence electrons. The van der Waals surface area contributed by atoms with Crippen molar-refractivity contribution >= 4 is 14.4 Å². The third kappa shape index (κ3) is 9.01. The van der Waals surface area contributed by atoms with Crippen LogP contribution < -0.4 is 5.32 Å². The van der Waals surface area contributed by atoms with E-state index >= 15 is 0 Å². The van der Waals surface area contributed by atoms with E-state index in [9.17, 15) is 15.0 Å². The van der Waals surface area contributed by atoms with Crippen LogP contribution in [0.2, 0.25) is 18.1 Å². The summed E-state index contributed by atoms with van der Waals surface area (Å²) in [7, 11) is -1.80. The maximum absolute atomic E-state index is 11.9. The van der Waals surface area contributed by atoms with Crippen molar-refractivity contribution in [2.75, 3.05) is 13.2 Å². The third-order valence-corrected chi connectivity index (χ3v) is 8.82. The molecular formula is C17H37NO5Si. The van der Waals surface area contributed by atoms with Gasteiger partial charge in [0.05, 0.1) is 18.8 Å². The van der Waals surface area contributed by atoms with Crippen molar-refractivity contribution in [1.29, 1.82) is 0 Å². The largest absolute Gasteiger partial charge is 0.444 e. The first-order chi connectivity index (χ1) is 10.7. The molecule has 6 nitrogen and oxygen atoms in total. The number of aliphatic hydroxyl groups is 2. The van der Waals surface area contributed by atoms with Crippen LogP contribution in [0.15, 0.2) is 0 Å². The van der Waals surface area contributed by atoms with Crippen LogP contribution in [0.3, 0.4) is 0 Å². The van der Waals surface area contributed by atoms with Crippen LogP contribution in [0.5, 0.6) is 0 Å². The molecule has 2 atom stereocenters. The molecule has 0 radical (unpaired) electrons. The van der Waals surface area contributed by atoms with Gasteiger partial charge in [-0.2, -0.15) is 0 Å². The van der Waals surface area contributed by atoms with Gasteiger partial charge in [-0.1, -0.05) is 20.8 Å². The predicted molar refractivity (Wildman–Crippen MR) is 98.6 cm³/mol. The average molecular weight is 364 g/mol. The van der Waals surface area contributed by atoms with E-state index in [0.29, 0.717) is 19.4 Å². The molecule has 0 rings (SSSR count). The van der Waals surface area contributed by atoms with Crippen molar-refractivity contribution in [3.05, 3.63) is 0 Å². The summed E-state index contributed by atoms with van der Waals surface area (Å²) in [5.74, 6) is 0. The van der Waals surface area contributed by atoms with Gasteiger partial charge >= 0.3 is 6.09 Å². The van der Waals surface area contributed by atoms with Crippen molar-refractivity contribution in [3.8, 4) is 0 Å². The molecule has 0 heterocycles. The summed E-state index contributed by atoms with van der Waals surface area (Å²) in [5, 5.41) is 21.9. The van der Waals surface area contributed by atoms with Gasteiger partial charge in [-0.15, -0.1) is 0 Å². The zero-order valence-corrected chi connectivity index (χ0v) is 17.6. The van der Waals surface area contributed by atoms with Gasteiger partial charge in [-0.3, -0.25) is 0 Å². The molecular weight excluding hydrogens is 326 g/mol. The van der Waals surface area contributed by atoms with E-state index in [0.717, 1.165) is 0 Å². The summed E-state index contributed by atoms with van der Waals surface area (Å²) in [6.07, 6.45) is -0.421. The molecule has 24 heavy (non-hydrogen) atoms. The fourth-order valence-corrected chi connectivity index (χ4v) is 2.88. The molecule has 0 aliphatic heterocycles. The Balaban J connectivity index is 4.48. The second-order valence-electron chi connectivity index (χ2n) is 8.75. The molecule has 0 aromatic rings. The lowest BCUT2D eigenvalue weighted by atomic mass is 10.1. The average Bonchev–Trinajstić information content (AvgIpc) is 2.37. The van der Waals surface area contributed by atoms with Crippen LogP contribution in [0.4, 0.5) is 4.79 Å². The summed E-state index contributed by atoms with van der Waals surface area (Å²) in [5.41, 5.74) is -0.607. The highest BCUT2D eigenvalue weighted by Gasteiger charge is 2.37. The maximum atomic E-state index is 11.9. The fraction of sp³-hybridized carbons (Fsp3) is 0.941. The summed E-state index contributed by atoms with van der Waals surface area (Å²) < 4.78 is 11.3. The van der Waals surface area contributed by atoms with Crippen LogP contribution in [0.25, 0.3) is 0 Å². The summed E-state index contributed by atoms with van der Waals surface area (Å²) in [6.45, 7) is 16.4. The van der Waals surface area contributed by atoms with E-state index < -0.39 is 38.8 Å². The Bertz CT molecular complexity index is 387. The minimum Gasteiger partial charge on any atom is -0.444 e. The highest BCUT2D eigenvalue weighted by atomic mass is 28.4. The number of aliphatic hydroxyl groups excluding tert-OH is 2. The molecule has 0 aromatic carbocycles. The SMILES string of the molecule is CC(C)(C)OC(=O)N[C@@H](CCCO[Si](C)(C)C(C)(C)C)[C@H](O)CO. The molecule has 1 amide bonds. The minimum absolute atomic E-state index is 0.145. The second kappa shape index (κ2) is 9.17. The van der Waals surface area contributed by atoms with Gasteiger partial charge in [0.2, 0.25) is 0 Å². The summed E-state index contributed by atoms with van der Waals surface area (Å²) in [6, 6.07) is -0.562. The maximum Gasteiger partial charge on any atom is 0.407 e. The van der Waals surface area contributed by atoms with Crippen LogP contribution >= 0.6 is 0 Å². The molecule has 0 unspecified atom stereocenters. The first-order valence-electron chi connectivity index (χ1n) is 8.62. The number of hydrogen-bond acceptors (Lipinski definition) is 5. The Labute approximate surface area is 148 Å². The minimum atomic E-state index is -1.80. The quantitative estimate of drug-likeness (QED) is 0.456. The van der Waals surface area contributed by atoms with Gasteiger partial charge in [-0.05, 0) is 51.7 Å². The lowest BCUT2D eigenvalue weighted by Gasteiger charge is -2.36. The molecule has 0 aliphatic rings. The predicted octanol–water partition coefficient (Wildman–Crippen LogP) is 3.03. The first-order valence-corrected chi connectivity index (χ1v) is 11.5. The number of ether oxygens (including phenoxy) is 1. The lowest BCUT2D eigenvalue weighted by molar-refractivity contribution is 0.0296. The molecule has 0 spiro atoms. The highest BCUT2D eigenvalue weighted by molar-refractivity contribution is 6.74. The summed E-state index contributed by atoms with van der Waals surface area (Å²) in [4.78, 5) is 11.9. The van der Waals surface area contributed by atoms with E-state index in [2.05, 4.69) is 39.2 Å². The molecule has 0 saturated carbocycles. The summed E-state index contributed by atoms with van der Waals surface area (Å²) >= 11 is 0. The second-order valence-corrected chi connectivity index (χ2v) is 13.6. The molecule has 0 bridgehead atoms. The number of alkyl carbamates (subject to hydrolysis) is 1. The van der Waals surface area contributed by atoms with Crippen molar-refractivity contribution in [3.63, 3.8) is 0 Å². The van der Waals surface area contributed by atoms with E-state index in [-0.39, 0.29) is 5.04 Å². The van der Waals surface area contributed by atoms with E-state index in [1.54, 1.807) is 20.8 Å². The number of nitrogens with one attached hydrogen (secondary N) is 1. The number of carbonyl (C=O) groups is 1. The van der Waals surface area contributed by atoms with Gasteiger partial charge in [0.1, 0.15) is 5.60 Å². The number of hydrogen-bond donors (Lipinski definition) is 3. The molecule has 0 aromatic heterocycles. The topological polar surface area (TPSA) is 88.0 Å². The number of rotatable bonds is 8. The molecule has 3 N–H and O–H groups in total. The van der Waals surface area contributed by atoms with Gasteiger partial charge in [0, 0.05) is 6.61 Å².